The maximum absolute atomic E-state index is 12.6. The zero-order chi connectivity index (χ0) is 14.7. The molecule has 1 saturated heterocycles. The molecule has 20 heavy (non-hydrogen) atoms. The second-order valence-electron chi connectivity index (χ2n) is 5.13. The van der Waals surface area contributed by atoms with Gasteiger partial charge in [0.15, 0.2) is 5.84 Å². The molecule has 1 unspecified atom stereocenters. The van der Waals surface area contributed by atoms with Gasteiger partial charge in [0, 0.05) is 31.9 Å². The Bertz CT molecular complexity index is 528. The Hall–Kier alpha value is -2.24. The molecule has 1 heterocycles. The summed E-state index contributed by atoms with van der Waals surface area (Å²) in [5, 5.41) is 11.8. The summed E-state index contributed by atoms with van der Waals surface area (Å²) < 4.78 is 0. The van der Waals surface area contributed by atoms with Gasteiger partial charge in [0.2, 0.25) is 0 Å². The minimum atomic E-state index is -0.310. The first-order valence-electron chi connectivity index (χ1n) is 6.60. The van der Waals surface area contributed by atoms with Gasteiger partial charge < -0.3 is 20.7 Å². The molecule has 2 rings (SSSR count). The number of benzene rings is 1. The van der Waals surface area contributed by atoms with Gasteiger partial charge in [-0.05, 0) is 31.0 Å². The van der Waals surface area contributed by atoms with Crippen LogP contribution in [-0.2, 0) is 0 Å². The predicted molar refractivity (Wildman–Crippen MR) is 78.2 cm³/mol. The van der Waals surface area contributed by atoms with Crippen LogP contribution >= 0.6 is 0 Å². The van der Waals surface area contributed by atoms with Gasteiger partial charge in [-0.15, -0.1) is 0 Å². The van der Waals surface area contributed by atoms with Crippen LogP contribution < -0.4 is 10.6 Å². The van der Waals surface area contributed by atoms with Crippen molar-refractivity contribution in [3.8, 4) is 0 Å². The van der Waals surface area contributed by atoms with Crippen LogP contribution in [0.15, 0.2) is 29.4 Å². The van der Waals surface area contributed by atoms with Crippen LogP contribution in [0.5, 0.6) is 0 Å². The van der Waals surface area contributed by atoms with Crippen LogP contribution in [0, 0.1) is 0 Å². The molecule has 108 valence electrons. The number of hydrogen-bond donors (Lipinski definition) is 2. The normalized spacial score (nSPS) is 19.2. The van der Waals surface area contributed by atoms with E-state index < -0.39 is 0 Å². The van der Waals surface area contributed by atoms with E-state index in [0.29, 0.717) is 12.1 Å². The summed E-state index contributed by atoms with van der Waals surface area (Å²) in [7, 11) is 3.86. The van der Waals surface area contributed by atoms with E-state index in [1.165, 1.54) is 0 Å². The monoisotopic (exact) mass is 276 g/mol. The predicted octanol–water partition coefficient (Wildman–Crippen LogP) is 1.10. The van der Waals surface area contributed by atoms with Gasteiger partial charge in [0.05, 0.1) is 6.04 Å². The quantitative estimate of drug-likeness (QED) is 0.375. The molecule has 0 aliphatic carbocycles. The number of hydrogen-bond acceptors (Lipinski definition) is 4. The molecule has 1 amide bonds. The van der Waals surface area contributed by atoms with E-state index in [4.69, 9.17) is 10.9 Å². The van der Waals surface area contributed by atoms with E-state index in [1.807, 2.05) is 37.2 Å². The lowest BCUT2D eigenvalue weighted by molar-refractivity contribution is 0.0768. The number of nitrogens with zero attached hydrogens (tertiary/aromatic N) is 3. The second-order valence-corrected chi connectivity index (χ2v) is 5.13. The van der Waals surface area contributed by atoms with E-state index >= 15 is 0 Å². The van der Waals surface area contributed by atoms with Crippen molar-refractivity contribution in [3.05, 3.63) is 29.8 Å². The molecule has 0 saturated carbocycles. The average Bonchev–Trinajstić information content (AvgIpc) is 2.95. The van der Waals surface area contributed by atoms with E-state index in [2.05, 4.69) is 5.16 Å². The summed E-state index contributed by atoms with van der Waals surface area (Å²) in [5.74, 6) is 0.0161. The van der Waals surface area contributed by atoms with Crippen molar-refractivity contribution in [2.24, 2.45) is 10.9 Å². The molecule has 0 aromatic heterocycles. The minimum absolute atomic E-state index is 0.0807. The van der Waals surface area contributed by atoms with Gasteiger partial charge in [-0.25, -0.2) is 0 Å². The average molecular weight is 276 g/mol. The van der Waals surface area contributed by atoms with Gasteiger partial charge in [-0.3, -0.25) is 4.79 Å². The number of anilines is 1. The molecule has 1 aliphatic rings. The lowest BCUT2D eigenvalue weighted by atomic mass is 10.1. The van der Waals surface area contributed by atoms with Crippen molar-refractivity contribution < 1.29 is 10.0 Å². The summed E-state index contributed by atoms with van der Waals surface area (Å²) >= 11 is 0. The number of carbonyl (C=O) groups excluding carboxylic acids is 1. The van der Waals surface area contributed by atoms with Crippen LogP contribution in [0.4, 0.5) is 5.69 Å². The molecular weight excluding hydrogens is 256 g/mol. The van der Waals surface area contributed by atoms with Crippen molar-refractivity contribution in [1.82, 2.24) is 4.90 Å². The molecule has 0 radical (unpaired) electrons. The molecule has 1 aliphatic heterocycles. The summed E-state index contributed by atoms with van der Waals surface area (Å²) in [6, 6.07) is 7.13. The molecule has 0 bridgehead atoms. The number of rotatable bonds is 3. The number of oxime groups is 1. The van der Waals surface area contributed by atoms with E-state index in [9.17, 15) is 4.79 Å². The smallest absolute Gasteiger partial charge is 0.254 e. The van der Waals surface area contributed by atoms with Crippen molar-refractivity contribution in [2.45, 2.75) is 18.9 Å². The van der Waals surface area contributed by atoms with E-state index in [-0.39, 0.29) is 17.8 Å². The van der Waals surface area contributed by atoms with Crippen LogP contribution in [0.1, 0.15) is 23.2 Å². The summed E-state index contributed by atoms with van der Waals surface area (Å²) in [6.45, 7) is 0.631. The Balaban J connectivity index is 2.24. The fourth-order valence-corrected chi connectivity index (χ4v) is 2.47. The number of amidine groups is 1. The molecule has 3 N–H and O–H groups in total. The minimum Gasteiger partial charge on any atom is -0.409 e. The van der Waals surface area contributed by atoms with Gasteiger partial charge >= 0.3 is 0 Å². The van der Waals surface area contributed by atoms with Crippen LogP contribution in [0.3, 0.4) is 0 Å². The zero-order valence-corrected chi connectivity index (χ0v) is 11.8. The van der Waals surface area contributed by atoms with E-state index in [0.717, 1.165) is 18.5 Å². The Labute approximate surface area is 118 Å². The Morgan fingerprint density at radius 1 is 1.50 bits per heavy atom. The van der Waals surface area contributed by atoms with Gasteiger partial charge in [-0.1, -0.05) is 11.2 Å². The molecule has 1 fully saturated rings. The van der Waals surface area contributed by atoms with Crippen molar-refractivity contribution >= 4 is 17.4 Å². The Kier molecular flexibility index (Phi) is 4.12. The topological polar surface area (TPSA) is 82.2 Å². The molecule has 0 spiro atoms. The summed E-state index contributed by atoms with van der Waals surface area (Å²) in [4.78, 5) is 16.2. The van der Waals surface area contributed by atoms with Crippen molar-refractivity contribution in [3.63, 3.8) is 0 Å². The first-order valence-corrected chi connectivity index (χ1v) is 6.60. The van der Waals surface area contributed by atoms with Crippen molar-refractivity contribution in [1.29, 1.82) is 0 Å². The third kappa shape index (κ3) is 2.68. The molecule has 1 aromatic carbocycles. The first kappa shape index (κ1) is 14.2. The summed E-state index contributed by atoms with van der Waals surface area (Å²) in [6.07, 6.45) is 1.59. The van der Waals surface area contributed by atoms with Gasteiger partial charge in [-0.2, -0.15) is 0 Å². The SMILES string of the molecule is CN(C)c1cccc(C(=O)N2CCCC2C(N)=NO)c1. The molecule has 6 nitrogen and oxygen atoms in total. The Morgan fingerprint density at radius 2 is 2.25 bits per heavy atom. The highest BCUT2D eigenvalue weighted by Crippen LogP contribution is 2.22. The third-order valence-electron chi connectivity index (χ3n) is 3.58. The molecule has 1 atom stereocenters. The van der Waals surface area contributed by atoms with Crippen LogP contribution in [0.25, 0.3) is 0 Å². The van der Waals surface area contributed by atoms with Gasteiger partial charge in [0.1, 0.15) is 0 Å². The number of nitrogens with two attached hydrogens (primary N) is 1. The lowest BCUT2D eigenvalue weighted by Gasteiger charge is -2.24. The summed E-state index contributed by atoms with van der Waals surface area (Å²) in [5.41, 5.74) is 7.25. The molecular formula is C14H20N4O2. The number of carbonyl (C=O) groups is 1. The highest BCUT2D eigenvalue weighted by atomic mass is 16.4. The van der Waals surface area contributed by atoms with Crippen LogP contribution in [-0.4, -0.2) is 48.5 Å². The number of likely N-dealkylation sites (tertiary alicyclic amines) is 1. The maximum Gasteiger partial charge on any atom is 0.254 e. The first-order chi connectivity index (χ1) is 9.54. The largest absolute Gasteiger partial charge is 0.409 e. The van der Waals surface area contributed by atoms with Crippen LogP contribution in [0.2, 0.25) is 0 Å². The lowest BCUT2D eigenvalue weighted by Crippen LogP contribution is -2.43. The van der Waals surface area contributed by atoms with Gasteiger partial charge in [0.25, 0.3) is 5.91 Å². The second kappa shape index (κ2) is 5.81. The zero-order valence-electron chi connectivity index (χ0n) is 11.8. The fraction of sp³-hybridized carbons (Fsp3) is 0.429. The third-order valence-corrected chi connectivity index (χ3v) is 3.58. The fourth-order valence-electron chi connectivity index (χ4n) is 2.47. The standard InChI is InChI=1S/C14H20N4O2/c1-17(2)11-6-3-5-10(9-11)14(19)18-8-4-7-12(18)13(15)16-20/h3,5-6,9,12,20H,4,7-8H2,1-2H3,(H2,15,16). The maximum atomic E-state index is 12.6. The van der Waals surface area contributed by atoms with E-state index in [1.54, 1.807) is 11.0 Å². The molecule has 1 aromatic rings. The van der Waals surface area contributed by atoms with Crippen molar-refractivity contribution in [2.75, 3.05) is 25.5 Å². The highest BCUT2D eigenvalue weighted by Gasteiger charge is 2.32. The molecule has 6 heteroatoms. The number of amides is 1. The highest BCUT2D eigenvalue weighted by molar-refractivity contribution is 5.99. The Morgan fingerprint density at radius 3 is 2.90 bits per heavy atom.